The molecule has 8 nitrogen and oxygen atoms in total. The van der Waals surface area contributed by atoms with Crippen LogP contribution in [0.5, 0.6) is 0 Å². The molecule has 122 valence electrons. The van der Waals surface area contributed by atoms with Crippen LogP contribution in [0.4, 0.5) is 0 Å². The third kappa shape index (κ3) is 97.9. The second-order valence-electron chi connectivity index (χ2n) is 2.56. The molecular weight excluding hydrogens is 383 g/mol. The molecule has 0 aromatic heterocycles. The quantitative estimate of drug-likeness (QED) is 0.257. The van der Waals surface area contributed by atoms with E-state index in [9.17, 15) is 0 Å². The summed E-state index contributed by atoms with van der Waals surface area (Å²) < 4.78 is 8.52. The number of thiocarbonyl (C=S) groups is 4. The maximum absolute atomic E-state index is 8.29. The predicted octanol–water partition coefficient (Wildman–Crippen LogP) is -0.717. The van der Waals surface area contributed by atoms with E-state index in [2.05, 4.69) is 64.1 Å². The van der Waals surface area contributed by atoms with Crippen LogP contribution >= 0.6 is 48.9 Å². The molecule has 0 spiro atoms. The fraction of sp³-hybridized carbons (Fsp3) is 0.500. The van der Waals surface area contributed by atoms with Gasteiger partial charge in [0, 0.05) is 14.1 Å². The van der Waals surface area contributed by atoms with E-state index in [4.69, 9.17) is 21.7 Å². The molecule has 21 heavy (non-hydrogen) atoms. The number of ether oxygens (including phenoxy) is 2. The fourth-order valence-corrected chi connectivity index (χ4v) is 0. The summed E-state index contributed by atoms with van der Waals surface area (Å²) in [6.07, 6.45) is 0. The van der Waals surface area contributed by atoms with Gasteiger partial charge in [-0.15, -0.1) is 0 Å². The van der Waals surface area contributed by atoms with Crippen LogP contribution in [0.3, 0.4) is 0 Å². The van der Waals surface area contributed by atoms with Gasteiger partial charge >= 0.3 is 51.4 Å². The van der Waals surface area contributed by atoms with E-state index in [1.165, 1.54) is 19.1 Å². The summed E-state index contributed by atoms with van der Waals surface area (Å²) in [6, 6.07) is 0. The van der Waals surface area contributed by atoms with E-state index < -0.39 is 5.17 Å². The Balaban J connectivity index is -0.0000000539. The topological polar surface area (TPSA) is 140 Å². The number of aliphatic hydroxyl groups is 2. The maximum atomic E-state index is 8.29. The molecule has 0 bridgehead atoms. The number of nitrogens with zero attached hydrogens (tertiary/aromatic N) is 1. The summed E-state index contributed by atoms with van der Waals surface area (Å²) in [6.45, 7) is 0. The van der Waals surface area contributed by atoms with Crippen molar-refractivity contribution >= 4 is 121 Å². The van der Waals surface area contributed by atoms with Crippen LogP contribution in [-0.2, 0) is 9.47 Å². The Morgan fingerprint density at radius 2 is 0.952 bits per heavy atom. The number of nitrogens with two attached hydrogens (primary N) is 3. The molecule has 0 aliphatic rings. The van der Waals surface area contributed by atoms with Crippen molar-refractivity contribution in [1.82, 2.24) is 4.90 Å². The Morgan fingerprint density at radius 3 is 0.952 bits per heavy atom. The van der Waals surface area contributed by atoms with Crippen molar-refractivity contribution in [3.05, 3.63) is 0 Å². The molecule has 0 rings (SSSR count). The minimum atomic E-state index is -0.500. The van der Waals surface area contributed by atoms with Crippen molar-refractivity contribution in [3.63, 3.8) is 0 Å². The second kappa shape index (κ2) is 25.4. The molecule has 0 saturated carbocycles. The van der Waals surface area contributed by atoms with Crippen LogP contribution in [0.1, 0.15) is 0 Å². The van der Waals surface area contributed by atoms with Crippen LogP contribution in [0.2, 0.25) is 0 Å². The third-order valence-corrected chi connectivity index (χ3v) is 1.48. The first kappa shape index (κ1) is 33.1. The molecule has 0 heterocycles. The zero-order chi connectivity index (χ0) is 17.3. The molecule has 8 N–H and O–H groups in total. The minimum absolute atomic E-state index is 0. The van der Waals surface area contributed by atoms with Gasteiger partial charge in [-0.25, -0.2) is 0 Å². The number of hydrogen-bond donors (Lipinski definition) is 5. The molecule has 0 aromatic rings. The normalized spacial score (nSPS) is 6.48. The van der Waals surface area contributed by atoms with E-state index >= 15 is 0 Å². The predicted molar refractivity (Wildman–Crippen MR) is 103 cm³/mol. The summed E-state index contributed by atoms with van der Waals surface area (Å²) in [7, 11) is 6.23. The van der Waals surface area contributed by atoms with Gasteiger partial charge in [-0.1, -0.05) is 0 Å². The van der Waals surface area contributed by atoms with E-state index in [0.717, 1.165) is 0 Å². The molecule has 13 heteroatoms. The molecule has 0 aromatic carbocycles. The Labute approximate surface area is 188 Å². The van der Waals surface area contributed by atoms with Gasteiger partial charge in [0.05, 0.1) is 14.2 Å². The van der Waals surface area contributed by atoms with Crippen LogP contribution in [0.15, 0.2) is 0 Å². The molecule has 0 aliphatic heterocycles. The van der Waals surface area contributed by atoms with Crippen molar-refractivity contribution in [1.29, 1.82) is 0 Å². The van der Waals surface area contributed by atoms with E-state index in [0.29, 0.717) is 0 Å². The molecule has 0 saturated heterocycles. The van der Waals surface area contributed by atoms with Gasteiger partial charge in [0.25, 0.3) is 20.7 Å². The zero-order valence-corrected chi connectivity index (χ0v) is 14.8. The summed E-state index contributed by atoms with van der Waals surface area (Å²) >= 11 is 16.7. The summed E-state index contributed by atoms with van der Waals surface area (Å²) in [5.41, 5.74) is 14.0. The molecule has 0 unspecified atom stereocenters. The van der Waals surface area contributed by atoms with Gasteiger partial charge in [-0.3, -0.25) is 0 Å². The van der Waals surface area contributed by atoms with Gasteiger partial charge in [-0.2, -0.15) is 0 Å². The first-order valence-electron chi connectivity index (χ1n) is 4.47. The van der Waals surface area contributed by atoms with Crippen molar-refractivity contribution in [2.75, 3.05) is 28.3 Å². The Kier molecular flexibility index (Phi) is 40.0. The van der Waals surface area contributed by atoms with Gasteiger partial charge < -0.3 is 41.8 Å². The number of rotatable bonds is 0. The zero-order valence-electron chi connectivity index (χ0n) is 11.5. The average Bonchev–Trinajstić information content (AvgIpc) is 2.29. The first-order chi connectivity index (χ1) is 8.91. The number of aliphatic hydroxyl groups excluding tert-OH is 2. The van der Waals surface area contributed by atoms with Crippen LogP contribution in [-0.4, -0.2) is 116 Å². The summed E-state index contributed by atoms with van der Waals surface area (Å²) in [5.74, 6) is 0. The van der Waals surface area contributed by atoms with Crippen molar-refractivity contribution < 1.29 is 19.7 Å². The van der Waals surface area contributed by atoms with Crippen LogP contribution in [0, 0.1) is 0 Å². The standard InChI is InChI=1S/C3H7NOS.2C2H5NOS.CH3NOS.K.H/c1-4(2)3(5)6;2*1-4-2(3)5;2-1(3)4;;/h1-2H3,(H,5,6);2*1H3,(H2,3,5);(H3,2,3,4);;. The second-order valence-corrected chi connectivity index (χ2v) is 4.15. The monoisotopic (exact) mass is 404 g/mol. The SMILES string of the molecule is CN(C)C(O)=S.COC(N)=S.COC(N)=S.NC(O)=S.[KH]. The van der Waals surface area contributed by atoms with Crippen LogP contribution in [0.25, 0.3) is 0 Å². The van der Waals surface area contributed by atoms with E-state index in [1.54, 1.807) is 14.1 Å². The van der Waals surface area contributed by atoms with E-state index in [1.807, 2.05) is 0 Å². The van der Waals surface area contributed by atoms with Gasteiger partial charge in [0.1, 0.15) is 0 Å². The molecule has 0 atom stereocenters. The Morgan fingerprint density at radius 1 is 0.857 bits per heavy atom. The van der Waals surface area contributed by atoms with Crippen molar-refractivity contribution in [2.45, 2.75) is 0 Å². The first-order valence-corrected chi connectivity index (χ1v) is 6.11. The number of hydrogen-bond acceptors (Lipinski definition) is 6. The molecule has 0 aliphatic carbocycles. The Hall–Kier alpha value is 0.396. The number of methoxy groups -OCH3 is 2. The average molecular weight is 405 g/mol. The molecule has 0 radical (unpaired) electrons. The summed E-state index contributed by atoms with van der Waals surface area (Å²) in [5, 5.41) is 15.5. The Bertz CT molecular complexity index is 290. The van der Waals surface area contributed by atoms with Crippen LogP contribution < -0.4 is 17.2 Å². The van der Waals surface area contributed by atoms with Gasteiger partial charge in [0.15, 0.2) is 0 Å². The van der Waals surface area contributed by atoms with Crippen molar-refractivity contribution in [3.8, 4) is 0 Å². The molecular formula is C8H21KN4O4S4. The molecule has 0 fully saturated rings. The van der Waals surface area contributed by atoms with Crippen molar-refractivity contribution in [2.24, 2.45) is 17.2 Å². The fourth-order valence-electron chi connectivity index (χ4n) is 0. The summed E-state index contributed by atoms with van der Waals surface area (Å²) in [4.78, 5) is 1.45. The molecule has 0 amide bonds. The van der Waals surface area contributed by atoms with E-state index in [-0.39, 0.29) is 66.9 Å². The van der Waals surface area contributed by atoms with Gasteiger partial charge in [0.2, 0.25) is 0 Å². The van der Waals surface area contributed by atoms with Gasteiger partial charge in [-0.05, 0) is 48.9 Å². The third-order valence-electron chi connectivity index (χ3n) is 0.785.